The standard InChI is InChI=1S/C13H17N3O4/c1-2-7-16(8-11(17)18)12(19)9-3-5-10(6-4-9)15-13(14)20/h3-6H,2,7-8H2,1H3,(H,17,18)(H3,14,15,20). The molecule has 0 aliphatic heterocycles. The fourth-order valence-corrected chi connectivity index (χ4v) is 1.71. The molecule has 1 aromatic carbocycles. The van der Waals surface area contributed by atoms with Crippen LogP contribution in [0.25, 0.3) is 0 Å². The van der Waals surface area contributed by atoms with E-state index in [9.17, 15) is 14.4 Å². The molecule has 0 radical (unpaired) electrons. The topological polar surface area (TPSA) is 113 Å². The Balaban J connectivity index is 2.83. The minimum Gasteiger partial charge on any atom is -0.480 e. The van der Waals surface area contributed by atoms with Gasteiger partial charge in [0.15, 0.2) is 0 Å². The third-order valence-electron chi connectivity index (χ3n) is 2.51. The first kappa shape index (κ1) is 15.5. The number of aliphatic carboxylic acids is 1. The number of amides is 3. The van der Waals surface area contributed by atoms with Crippen LogP contribution in [0.4, 0.5) is 10.5 Å². The van der Waals surface area contributed by atoms with E-state index in [1.54, 1.807) is 0 Å². The number of hydrogen-bond acceptors (Lipinski definition) is 3. The number of nitrogens with two attached hydrogens (primary N) is 1. The third kappa shape index (κ3) is 4.60. The summed E-state index contributed by atoms with van der Waals surface area (Å²) in [5.74, 6) is -1.42. The lowest BCUT2D eigenvalue weighted by Gasteiger charge is -2.20. The molecule has 7 heteroatoms. The molecule has 0 aliphatic rings. The van der Waals surface area contributed by atoms with Crippen molar-refractivity contribution in [2.45, 2.75) is 13.3 Å². The van der Waals surface area contributed by atoms with Gasteiger partial charge in [-0.25, -0.2) is 4.79 Å². The van der Waals surface area contributed by atoms with Crippen molar-refractivity contribution in [3.8, 4) is 0 Å². The predicted octanol–water partition coefficient (Wildman–Crippen LogP) is 1.11. The monoisotopic (exact) mass is 279 g/mol. The normalized spacial score (nSPS) is 9.85. The average molecular weight is 279 g/mol. The Morgan fingerprint density at radius 2 is 1.85 bits per heavy atom. The molecule has 0 saturated heterocycles. The summed E-state index contributed by atoms with van der Waals surface area (Å²) in [6.07, 6.45) is 0.667. The molecule has 0 saturated carbocycles. The summed E-state index contributed by atoms with van der Waals surface area (Å²) < 4.78 is 0. The lowest BCUT2D eigenvalue weighted by molar-refractivity contribution is -0.137. The van der Waals surface area contributed by atoms with E-state index in [-0.39, 0.29) is 12.5 Å². The van der Waals surface area contributed by atoms with Gasteiger partial charge in [0, 0.05) is 17.8 Å². The van der Waals surface area contributed by atoms with Crippen LogP contribution in [0.5, 0.6) is 0 Å². The van der Waals surface area contributed by atoms with E-state index in [2.05, 4.69) is 5.32 Å². The highest BCUT2D eigenvalue weighted by atomic mass is 16.4. The fourth-order valence-electron chi connectivity index (χ4n) is 1.71. The van der Waals surface area contributed by atoms with Gasteiger partial charge in [0.2, 0.25) is 0 Å². The summed E-state index contributed by atoms with van der Waals surface area (Å²) in [5.41, 5.74) is 5.80. The summed E-state index contributed by atoms with van der Waals surface area (Å²) >= 11 is 0. The number of nitrogens with zero attached hydrogens (tertiary/aromatic N) is 1. The van der Waals surface area contributed by atoms with Crippen LogP contribution in [0, 0.1) is 0 Å². The van der Waals surface area contributed by atoms with Gasteiger partial charge >= 0.3 is 12.0 Å². The molecule has 20 heavy (non-hydrogen) atoms. The van der Waals surface area contributed by atoms with Crippen LogP contribution in [0.1, 0.15) is 23.7 Å². The van der Waals surface area contributed by atoms with Gasteiger partial charge in [-0.2, -0.15) is 0 Å². The van der Waals surface area contributed by atoms with Crippen molar-refractivity contribution in [2.75, 3.05) is 18.4 Å². The zero-order chi connectivity index (χ0) is 15.1. The summed E-state index contributed by atoms with van der Waals surface area (Å²) in [6.45, 7) is 1.89. The highest BCUT2D eigenvalue weighted by molar-refractivity contribution is 5.96. The number of anilines is 1. The molecule has 4 N–H and O–H groups in total. The minimum atomic E-state index is -1.06. The van der Waals surface area contributed by atoms with Crippen LogP contribution in [0.15, 0.2) is 24.3 Å². The molecule has 0 bridgehead atoms. The van der Waals surface area contributed by atoms with E-state index < -0.39 is 12.0 Å². The molecule has 0 fully saturated rings. The van der Waals surface area contributed by atoms with Gasteiger partial charge in [0.1, 0.15) is 6.54 Å². The number of carbonyl (C=O) groups excluding carboxylic acids is 2. The zero-order valence-corrected chi connectivity index (χ0v) is 11.1. The number of hydrogen-bond donors (Lipinski definition) is 3. The number of carboxylic acid groups (broad SMARTS) is 1. The molecule has 0 unspecified atom stereocenters. The number of primary amides is 1. The molecular weight excluding hydrogens is 262 g/mol. The molecular formula is C13H17N3O4. The number of carbonyl (C=O) groups is 3. The van der Waals surface area contributed by atoms with Gasteiger partial charge in [0.25, 0.3) is 5.91 Å². The molecule has 0 aromatic heterocycles. The van der Waals surface area contributed by atoms with E-state index in [1.807, 2.05) is 6.92 Å². The maximum Gasteiger partial charge on any atom is 0.323 e. The number of benzene rings is 1. The Morgan fingerprint density at radius 1 is 1.25 bits per heavy atom. The van der Waals surface area contributed by atoms with Gasteiger partial charge < -0.3 is 21.1 Å². The number of rotatable bonds is 6. The maximum atomic E-state index is 12.2. The van der Waals surface area contributed by atoms with Crippen LogP contribution in [-0.4, -0.2) is 41.0 Å². The highest BCUT2D eigenvalue weighted by Gasteiger charge is 2.17. The van der Waals surface area contributed by atoms with Crippen molar-refractivity contribution in [3.05, 3.63) is 29.8 Å². The predicted molar refractivity (Wildman–Crippen MR) is 73.5 cm³/mol. The number of urea groups is 1. The fraction of sp³-hybridized carbons (Fsp3) is 0.308. The molecule has 0 spiro atoms. The lowest BCUT2D eigenvalue weighted by atomic mass is 10.1. The van der Waals surface area contributed by atoms with Crippen molar-refractivity contribution in [2.24, 2.45) is 5.73 Å². The Bertz CT molecular complexity index is 499. The quantitative estimate of drug-likeness (QED) is 0.724. The summed E-state index contributed by atoms with van der Waals surface area (Å²) in [5, 5.41) is 11.2. The second-order valence-corrected chi connectivity index (χ2v) is 4.19. The van der Waals surface area contributed by atoms with Crippen LogP contribution in [-0.2, 0) is 4.79 Å². The molecule has 7 nitrogen and oxygen atoms in total. The molecule has 0 aliphatic carbocycles. The SMILES string of the molecule is CCCN(CC(=O)O)C(=O)c1ccc(NC(N)=O)cc1. The van der Waals surface area contributed by atoms with E-state index >= 15 is 0 Å². The molecule has 1 rings (SSSR count). The second-order valence-electron chi connectivity index (χ2n) is 4.19. The van der Waals surface area contributed by atoms with Crippen molar-refractivity contribution >= 4 is 23.6 Å². The Morgan fingerprint density at radius 3 is 2.30 bits per heavy atom. The second kappa shape index (κ2) is 7.13. The van der Waals surface area contributed by atoms with Gasteiger partial charge in [-0.05, 0) is 30.7 Å². The number of nitrogens with one attached hydrogen (secondary N) is 1. The largest absolute Gasteiger partial charge is 0.480 e. The first-order valence-electron chi connectivity index (χ1n) is 6.11. The summed E-state index contributed by atoms with van der Waals surface area (Å²) in [7, 11) is 0. The van der Waals surface area contributed by atoms with Crippen molar-refractivity contribution in [1.29, 1.82) is 0 Å². The van der Waals surface area contributed by atoms with Gasteiger partial charge in [-0.1, -0.05) is 6.92 Å². The van der Waals surface area contributed by atoms with Crippen LogP contribution >= 0.6 is 0 Å². The molecule has 3 amide bonds. The van der Waals surface area contributed by atoms with Gasteiger partial charge in [-0.3, -0.25) is 9.59 Å². The van der Waals surface area contributed by atoms with Crippen molar-refractivity contribution < 1.29 is 19.5 Å². The Kier molecular flexibility index (Phi) is 5.52. The molecule has 0 heterocycles. The smallest absolute Gasteiger partial charge is 0.323 e. The van der Waals surface area contributed by atoms with Gasteiger partial charge in [-0.15, -0.1) is 0 Å². The van der Waals surface area contributed by atoms with Gasteiger partial charge in [0.05, 0.1) is 0 Å². The zero-order valence-electron chi connectivity index (χ0n) is 11.1. The first-order valence-corrected chi connectivity index (χ1v) is 6.11. The van der Waals surface area contributed by atoms with E-state index in [0.29, 0.717) is 24.2 Å². The Labute approximate surface area is 116 Å². The van der Waals surface area contributed by atoms with Crippen LogP contribution in [0.2, 0.25) is 0 Å². The molecule has 0 atom stereocenters. The summed E-state index contributed by atoms with van der Waals surface area (Å²) in [6, 6.07) is 5.39. The highest BCUT2D eigenvalue weighted by Crippen LogP contribution is 2.11. The van der Waals surface area contributed by atoms with Crippen LogP contribution in [0.3, 0.4) is 0 Å². The van der Waals surface area contributed by atoms with E-state index in [0.717, 1.165) is 0 Å². The first-order chi connectivity index (χ1) is 9.43. The lowest BCUT2D eigenvalue weighted by Crippen LogP contribution is -2.36. The van der Waals surface area contributed by atoms with Crippen molar-refractivity contribution in [1.82, 2.24) is 4.90 Å². The van der Waals surface area contributed by atoms with Crippen molar-refractivity contribution in [3.63, 3.8) is 0 Å². The third-order valence-corrected chi connectivity index (χ3v) is 2.51. The Hall–Kier alpha value is -2.57. The minimum absolute atomic E-state index is 0.339. The number of carboxylic acids is 1. The molecule has 108 valence electrons. The van der Waals surface area contributed by atoms with E-state index in [1.165, 1.54) is 29.2 Å². The van der Waals surface area contributed by atoms with Crippen LogP contribution < -0.4 is 11.1 Å². The average Bonchev–Trinajstić information content (AvgIpc) is 2.37. The summed E-state index contributed by atoms with van der Waals surface area (Å²) in [4.78, 5) is 34.8. The molecule has 1 aromatic rings. The maximum absolute atomic E-state index is 12.2. The van der Waals surface area contributed by atoms with E-state index in [4.69, 9.17) is 10.8 Å².